The number of pyridine rings is 1. The molecule has 1 unspecified atom stereocenters. The molecule has 1 fully saturated rings. The molecular formula is C23H18FN2O4+. The third kappa shape index (κ3) is 3.53. The van der Waals surface area contributed by atoms with E-state index in [9.17, 15) is 24.2 Å². The monoisotopic (exact) mass is 405 g/mol. The highest BCUT2D eigenvalue weighted by Crippen LogP contribution is 2.40. The Kier molecular flexibility index (Phi) is 5.02. The largest absolute Gasteiger partial charge is 0.508 e. The predicted octanol–water partition coefficient (Wildman–Crippen LogP) is 2.97. The van der Waals surface area contributed by atoms with E-state index < -0.39 is 23.5 Å². The van der Waals surface area contributed by atoms with Crippen molar-refractivity contribution in [1.29, 1.82) is 0 Å². The molecule has 0 bridgehead atoms. The van der Waals surface area contributed by atoms with E-state index in [-0.39, 0.29) is 29.2 Å². The molecule has 1 aliphatic heterocycles. The Balaban J connectivity index is 1.85. The number of phenolic OH excluding ortho intramolecular Hbond substituents is 1. The second kappa shape index (κ2) is 7.79. The van der Waals surface area contributed by atoms with Gasteiger partial charge in [0.05, 0.1) is 18.2 Å². The third-order valence-electron chi connectivity index (χ3n) is 4.99. The number of nitrogens with zero attached hydrogens (tertiary/aromatic N) is 1. The lowest BCUT2D eigenvalue weighted by Crippen LogP contribution is -2.29. The van der Waals surface area contributed by atoms with E-state index in [2.05, 4.69) is 4.98 Å². The van der Waals surface area contributed by atoms with Crippen molar-refractivity contribution in [3.05, 3.63) is 101 Å². The van der Waals surface area contributed by atoms with E-state index in [1.807, 2.05) is 6.07 Å². The first-order valence-electron chi connectivity index (χ1n) is 9.24. The number of aromatic amines is 1. The number of hydrogen-bond acceptors (Lipinski definition) is 4. The summed E-state index contributed by atoms with van der Waals surface area (Å²) in [5.41, 5.74) is 1.46. The Bertz CT molecular complexity index is 1130. The molecule has 0 aliphatic carbocycles. The van der Waals surface area contributed by atoms with Gasteiger partial charge in [-0.25, -0.2) is 9.37 Å². The molecule has 1 aromatic heterocycles. The van der Waals surface area contributed by atoms with Gasteiger partial charge in [-0.1, -0.05) is 12.1 Å². The number of Topliss-reactive ketones (excluding diaryl/α,β-unsaturated/α-hetero) is 1. The van der Waals surface area contributed by atoms with Gasteiger partial charge in [-0.2, -0.15) is 0 Å². The van der Waals surface area contributed by atoms with Crippen molar-refractivity contribution in [2.24, 2.45) is 0 Å². The lowest BCUT2D eigenvalue weighted by atomic mass is 9.95. The number of hydrogen-bond donors (Lipinski definition) is 2. The molecule has 2 heterocycles. The lowest BCUT2D eigenvalue weighted by molar-refractivity contribution is -0.378. The number of aromatic hydroxyl groups is 1. The Morgan fingerprint density at radius 3 is 2.37 bits per heavy atom. The molecule has 4 rings (SSSR count). The van der Waals surface area contributed by atoms with Crippen LogP contribution < -0.4 is 4.98 Å². The summed E-state index contributed by atoms with van der Waals surface area (Å²) in [7, 11) is 0. The standard InChI is InChI=1S/C23H17FN2O4/c24-17-7-3-16(4-8-17)21(28)19-20(15-5-9-18(27)10-6-15)26(23(30)22(19)29)13-14-2-1-11-25-12-14/h1-12,20,27-28H,13H2/p+1. The van der Waals surface area contributed by atoms with Crippen LogP contribution in [0.3, 0.4) is 0 Å². The molecule has 2 aromatic carbocycles. The van der Waals surface area contributed by atoms with E-state index >= 15 is 0 Å². The number of aliphatic hydroxyl groups excluding tert-OH is 1. The number of halogens is 1. The second-order valence-corrected chi connectivity index (χ2v) is 6.94. The first-order valence-corrected chi connectivity index (χ1v) is 9.24. The van der Waals surface area contributed by atoms with Crippen LogP contribution in [0, 0.1) is 5.82 Å². The highest BCUT2D eigenvalue weighted by molar-refractivity contribution is 6.46. The van der Waals surface area contributed by atoms with Gasteiger partial charge in [0.15, 0.2) is 12.4 Å². The number of ketones is 1. The van der Waals surface area contributed by atoms with Crippen LogP contribution >= 0.6 is 0 Å². The minimum absolute atomic E-state index is 0.0342. The van der Waals surface area contributed by atoms with Gasteiger partial charge >= 0.3 is 0 Å². The molecule has 7 heteroatoms. The lowest BCUT2D eigenvalue weighted by Gasteiger charge is -2.25. The average Bonchev–Trinajstić information content (AvgIpc) is 3.00. The summed E-state index contributed by atoms with van der Waals surface area (Å²) < 4.78 is 13.3. The fourth-order valence-electron chi connectivity index (χ4n) is 3.54. The molecule has 1 aliphatic rings. The molecule has 1 atom stereocenters. The summed E-state index contributed by atoms with van der Waals surface area (Å²) in [5, 5.41) is 20.5. The highest BCUT2D eigenvalue weighted by Gasteiger charge is 2.46. The third-order valence-corrected chi connectivity index (χ3v) is 4.99. The molecule has 1 saturated heterocycles. The summed E-state index contributed by atoms with van der Waals surface area (Å²) in [6.07, 6.45) is 3.44. The number of nitrogens with one attached hydrogen (secondary N) is 1. The van der Waals surface area contributed by atoms with E-state index in [0.717, 1.165) is 5.56 Å². The van der Waals surface area contributed by atoms with Crippen molar-refractivity contribution in [2.45, 2.75) is 12.6 Å². The number of aromatic nitrogens is 1. The number of amides is 1. The van der Waals surface area contributed by atoms with Crippen LogP contribution in [-0.4, -0.2) is 26.8 Å². The van der Waals surface area contributed by atoms with Gasteiger partial charge < -0.3 is 15.1 Å². The Labute approximate surface area is 171 Å². The number of phenols is 1. The van der Waals surface area contributed by atoms with Crippen molar-refractivity contribution in [2.75, 3.05) is 0 Å². The van der Waals surface area contributed by atoms with Crippen molar-refractivity contribution in [3.63, 3.8) is 0 Å². The zero-order valence-corrected chi connectivity index (χ0v) is 15.7. The zero-order chi connectivity index (χ0) is 21.3. The maximum absolute atomic E-state index is 13.3. The number of likely N-dealkylation sites (tertiary alicyclic amines) is 1. The van der Waals surface area contributed by atoms with Crippen LogP contribution in [0.2, 0.25) is 0 Å². The minimum Gasteiger partial charge on any atom is -0.508 e. The zero-order valence-electron chi connectivity index (χ0n) is 15.7. The maximum atomic E-state index is 13.3. The molecule has 6 nitrogen and oxygen atoms in total. The topological polar surface area (TPSA) is 92.0 Å². The maximum Gasteiger partial charge on any atom is 0.295 e. The smallest absolute Gasteiger partial charge is 0.295 e. The van der Waals surface area contributed by atoms with E-state index in [1.54, 1.807) is 30.6 Å². The van der Waals surface area contributed by atoms with Gasteiger partial charge in [0, 0.05) is 17.2 Å². The summed E-state index contributed by atoms with van der Waals surface area (Å²) in [6.45, 7) is 0.133. The van der Waals surface area contributed by atoms with Gasteiger partial charge in [-0.15, -0.1) is 0 Å². The fourth-order valence-corrected chi connectivity index (χ4v) is 3.54. The minimum atomic E-state index is -0.865. The first kappa shape index (κ1) is 19.3. The molecule has 3 N–H and O–H groups in total. The number of aliphatic hydroxyl groups is 1. The first-order chi connectivity index (χ1) is 14.5. The van der Waals surface area contributed by atoms with Crippen molar-refractivity contribution in [1.82, 2.24) is 4.90 Å². The quantitative estimate of drug-likeness (QED) is 0.397. The Hall–Kier alpha value is -4.00. The number of H-pyrrole nitrogens is 1. The SMILES string of the molecule is O=C1C(=O)N(Cc2ccc[nH+]c2)C(c2ccc(O)cc2)C1=C(O)c1ccc(F)cc1. The van der Waals surface area contributed by atoms with Crippen LogP contribution in [0.1, 0.15) is 22.7 Å². The summed E-state index contributed by atoms with van der Waals surface area (Å²) >= 11 is 0. The second-order valence-electron chi connectivity index (χ2n) is 6.94. The Morgan fingerprint density at radius 1 is 1.03 bits per heavy atom. The molecular weight excluding hydrogens is 387 g/mol. The van der Waals surface area contributed by atoms with Crippen LogP contribution in [0.25, 0.3) is 5.76 Å². The van der Waals surface area contributed by atoms with Crippen LogP contribution in [-0.2, 0) is 16.1 Å². The van der Waals surface area contributed by atoms with Gasteiger partial charge in [-0.3, -0.25) is 9.59 Å². The van der Waals surface area contributed by atoms with Crippen molar-refractivity contribution in [3.8, 4) is 5.75 Å². The van der Waals surface area contributed by atoms with E-state index in [0.29, 0.717) is 5.56 Å². The van der Waals surface area contributed by atoms with E-state index in [1.165, 1.54) is 41.3 Å². The van der Waals surface area contributed by atoms with Gasteiger partial charge in [0.25, 0.3) is 11.7 Å². The predicted molar refractivity (Wildman–Crippen MR) is 105 cm³/mol. The van der Waals surface area contributed by atoms with E-state index in [4.69, 9.17) is 0 Å². The number of carbonyl (C=O) groups excluding carboxylic acids is 2. The summed E-state index contributed by atoms with van der Waals surface area (Å²) in [4.78, 5) is 30.1. The van der Waals surface area contributed by atoms with Crippen LogP contribution in [0.15, 0.2) is 78.6 Å². The molecule has 150 valence electrons. The van der Waals surface area contributed by atoms with Crippen LogP contribution in [0.4, 0.5) is 4.39 Å². The van der Waals surface area contributed by atoms with Crippen LogP contribution in [0.5, 0.6) is 5.75 Å². The van der Waals surface area contributed by atoms with Gasteiger partial charge in [-0.05, 0) is 48.0 Å². The molecule has 0 saturated carbocycles. The van der Waals surface area contributed by atoms with Gasteiger partial charge in [0.1, 0.15) is 17.3 Å². The fraction of sp³-hybridized carbons (Fsp3) is 0.0870. The highest BCUT2D eigenvalue weighted by atomic mass is 19.1. The Morgan fingerprint density at radius 2 is 1.73 bits per heavy atom. The molecule has 3 aromatic rings. The summed E-state index contributed by atoms with van der Waals surface area (Å²) in [5.74, 6) is -2.40. The molecule has 0 spiro atoms. The van der Waals surface area contributed by atoms with Crippen molar-refractivity contribution < 1.29 is 29.2 Å². The summed E-state index contributed by atoms with van der Waals surface area (Å²) in [6, 6.07) is 13.8. The molecule has 1 amide bonds. The number of benzene rings is 2. The molecule has 30 heavy (non-hydrogen) atoms. The number of rotatable bonds is 4. The normalized spacial score (nSPS) is 18.0. The number of carbonyl (C=O) groups is 2. The molecule has 0 radical (unpaired) electrons. The average molecular weight is 405 g/mol. The van der Waals surface area contributed by atoms with Crippen molar-refractivity contribution >= 4 is 17.4 Å². The van der Waals surface area contributed by atoms with Gasteiger partial charge in [0.2, 0.25) is 0 Å².